The number of fused-ring (bicyclic) bond motifs is 2. The van der Waals surface area contributed by atoms with Gasteiger partial charge >= 0.3 is 0 Å². The first-order valence-corrected chi connectivity index (χ1v) is 16.3. The number of hydrogen-bond donors (Lipinski definition) is 1. The maximum atomic E-state index is 13.0. The molecular formula is C32H57NO5. The molecule has 0 aromatic rings. The summed E-state index contributed by atoms with van der Waals surface area (Å²) in [6, 6.07) is 0. The Hall–Kier alpha value is -0.690. The van der Waals surface area contributed by atoms with E-state index in [9.17, 15) is 4.79 Å². The van der Waals surface area contributed by atoms with Gasteiger partial charge < -0.3 is 14.8 Å². The highest BCUT2D eigenvalue weighted by Crippen LogP contribution is 2.63. The quantitative estimate of drug-likeness (QED) is 0.151. The van der Waals surface area contributed by atoms with Gasteiger partial charge in [-0.3, -0.25) is 4.79 Å². The van der Waals surface area contributed by atoms with Crippen LogP contribution in [0.25, 0.3) is 0 Å². The van der Waals surface area contributed by atoms with Gasteiger partial charge in [0, 0.05) is 18.9 Å². The lowest BCUT2D eigenvalue weighted by Gasteiger charge is -2.50. The molecule has 38 heavy (non-hydrogen) atoms. The third-order valence-corrected chi connectivity index (χ3v) is 10.2. The molecule has 6 heteroatoms. The van der Waals surface area contributed by atoms with Crippen molar-refractivity contribution in [1.82, 2.24) is 5.32 Å². The SMILES string of the molecule is CCCCCCCCCCCCCCCCNC(=O)C[C@]1(C)O[C@@H]2O[C@@]3(C)CC[C@H]4[C@H](C)CC[C@@H]1[C@@]24OO3. The summed E-state index contributed by atoms with van der Waals surface area (Å²) in [6.07, 6.45) is 22.6. The van der Waals surface area contributed by atoms with Crippen LogP contribution in [0.1, 0.15) is 150 Å². The monoisotopic (exact) mass is 535 g/mol. The minimum atomic E-state index is -0.765. The van der Waals surface area contributed by atoms with Gasteiger partial charge in [0.1, 0.15) is 0 Å². The Morgan fingerprint density at radius 2 is 1.39 bits per heavy atom. The number of unbranched alkanes of at least 4 members (excludes halogenated alkanes) is 13. The van der Waals surface area contributed by atoms with Crippen molar-refractivity contribution in [2.75, 3.05) is 6.54 Å². The summed E-state index contributed by atoms with van der Waals surface area (Å²) in [5.74, 6) is 0.263. The van der Waals surface area contributed by atoms with Gasteiger partial charge in [-0.1, -0.05) is 97.3 Å². The molecular weight excluding hydrogens is 478 g/mol. The molecule has 4 saturated heterocycles. The number of carbonyl (C=O) groups excluding carboxylic acids is 1. The van der Waals surface area contributed by atoms with Crippen molar-refractivity contribution in [1.29, 1.82) is 0 Å². The number of hydrogen-bond acceptors (Lipinski definition) is 5. The third-order valence-electron chi connectivity index (χ3n) is 10.2. The van der Waals surface area contributed by atoms with Crippen molar-refractivity contribution in [3.63, 3.8) is 0 Å². The summed E-state index contributed by atoms with van der Waals surface area (Å²) < 4.78 is 13.0. The van der Waals surface area contributed by atoms with Crippen LogP contribution in [0.5, 0.6) is 0 Å². The molecule has 1 spiro atoms. The molecule has 2 bridgehead atoms. The lowest BCUT2D eigenvalue weighted by molar-refractivity contribution is -0.541. The smallest absolute Gasteiger partial charge is 0.222 e. The molecule has 5 rings (SSSR count). The molecule has 4 aliphatic heterocycles. The van der Waals surface area contributed by atoms with Gasteiger partial charge in [0.2, 0.25) is 11.7 Å². The second-order valence-electron chi connectivity index (χ2n) is 13.4. The lowest BCUT2D eigenvalue weighted by atomic mass is 9.59. The molecule has 6 nitrogen and oxygen atoms in total. The molecule has 4 heterocycles. The number of carbonyl (C=O) groups is 1. The van der Waals surface area contributed by atoms with Crippen LogP contribution in [0.3, 0.4) is 0 Å². The predicted molar refractivity (Wildman–Crippen MR) is 150 cm³/mol. The van der Waals surface area contributed by atoms with Crippen LogP contribution in [-0.4, -0.2) is 35.7 Å². The molecule has 5 aliphatic rings. The zero-order chi connectivity index (χ0) is 27.1. The standard InChI is InChI=1S/C32H57NO5/c1-5-6-7-8-9-10-11-12-13-14-15-16-17-18-23-33-28(34)24-30(3)27-20-19-25(2)26-21-22-31(4)36-29(35-30)32(26,27)38-37-31/h25-27,29H,5-24H2,1-4H3,(H,33,34)/t25-,26+,27+,29-,30+,31-,32-/m1/s1. The number of amides is 1. The molecule has 1 amide bonds. The molecule has 7 atom stereocenters. The molecule has 0 radical (unpaired) electrons. The van der Waals surface area contributed by atoms with Crippen LogP contribution in [0.2, 0.25) is 0 Å². The maximum absolute atomic E-state index is 13.0. The summed E-state index contributed by atoms with van der Waals surface area (Å²) in [4.78, 5) is 25.1. The Morgan fingerprint density at radius 1 is 0.789 bits per heavy atom. The average molecular weight is 536 g/mol. The topological polar surface area (TPSA) is 66.0 Å². The molecule has 220 valence electrons. The first kappa shape index (κ1) is 30.3. The summed E-state index contributed by atoms with van der Waals surface area (Å²) in [5, 5.41) is 3.17. The van der Waals surface area contributed by atoms with E-state index in [1.807, 2.05) is 6.92 Å². The van der Waals surface area contributed by atoms with Gasteiger partial charge in [-0.2, -0.15) is 0 Å². The molecule has 0 unspecified atom stereocenters. The van der Waals surface area contributed by atoms with Gasteiger partial charge in [0.15, 0.2) is 11.9 Å². The largest absolute Gasteiger partial charge is 0.356 e. The van der Waals surface area contributed by atoms with Crippen molar-refractivity contribution < 1.29 is 24.0 Å². The average Bonchev–Trinajstić information content (AvgIpc) is 2.96. The van der Waals surface area contributed by atoms with Gasteiger partial charge in [0.25, 0.3) is 0 Å². The van der Waals surface area contributed by atoms with Gasteiger partial charge in [-0.15, -0.1) is 0 Å². The van der Waals surface area contributed by atoms with E-state index in [2.05, 4.69) is 26.1 Å². The van der Waals surface area contributed by atoms with E-state index in [0.717, 1.165) is 38.6 Å². The van der Waals surface area contributed by atoms with Crippen molar-refractivity contribution in [2.45, 2.75) is 173 Å². The van der Waals surface area contributed by atoms with Gasteiger partial charge in [0.05, 0.1) is 12.0 Å². The Labute approximate surface area is 232 Å². The third kappa shape index (κ3) is 6.95. The van der Waals surface area contributed by atoms with Gasteiger partial charge in [-0.05, 0) is 51.4 Å². The fourth-order valence-electron chi connectivity index (χ4n) is 7.90. The van der Waals surface area contributed by atoms with E-state index in [1.165, 1.54) is 83.5 Å². The first-order valence-electron chi connectivity index (χ1n) is 16.3. The van der Waals surface area contributed by atoms with Crippen molar-refractivity contribution in [3.05, 3.63) is 0 Å². The number of ether oxygens (including phenoxy) is 2. The first-order chi connectivity index (χ1) is 18.3. The van der Waals surface area contributed by atoms with Crippen LogP contribution >= 0.6 is 0 Å². The summed E-state index contributed by atoms with van der Waals surface area (Å²) in [5.41, 5.74) is -1.20. The Morgan fingerprint density at radius 3 is 2.03 bits per heavy atom. The fraction of sp³-hybridized carbons (Fsp3) is 0.969. The van der Waals surface area contributed by atoms with Crippen molar-refractivity contribution >= 4 is 5.91 Å². The molecule has 0 aromatic heterocycles. The van der Waals surface area contributed by atoms with Gasteiger partial charge in [-0.25, -0.2) is 9.78 Å². The summed E-state index contributed by atoms with van der Waals surface area (Å²) >= 11 is 0. The number of nitrogens with one attached hydrogen (secondary N) is 1. The van der Waals surface area contributed by atoms with E-state index in [-0.39, 0.29) is 11.8 Å². The van der Waals surface area contributed by atoms with E-state index in [0.29, 0.717) is 18.3 Å². The Balaban J connectivity index is 1.10. The minimum Gasteiger partial charge on any atom is -0.356 e. The van der Waals surface area contributed by atoms with E-state index >= 15 is 0 Å². The van der Waals surface area contributed by atoms with E-state index < -0.39 is 23.3 Å². The second kappa shape index (κ2) is 13.8. The highest BCUT2D eigenvalue weighted by atomic mass is 17.3. The normalized spacial score (nSPS) is 37.7. The highest BCUT2D eigenvalue weighted by Gasteiger charge is 2.74. The molecule has 0 aromatic carbocycles. The molecule has 1 saturated carbocycles. The van der Waals surface area contributed by atoms with Crippen LogP contribution in [0, 0.1) is 17.8 Å². The second-order valence-corrected chi connectivity index (χ2v) is 13.4. The van der Waals surface area contributed by atoms with Crippen LogP contribution in [-0.2, 0) is 24.0 Å². The number of rotatable bonds is 17. The minimum absolute atomic E-state index is 0.0758. The Bertz CT molecular complexity index is 747. The molecule has 1 aliphatic carbocycles. The van der Waals surface area contributed by atoms with E-state index in [4.69, 9.17) is 19.2 Å². The summed E-state index contributed by atoms with van der Waals surface area (Å²) in [6.45, 7) is 9.38. The predicted octanol–water partition coefficient (Wildman–Crippen LogP) is 7.98. The lowest BCUT2D eigenvalue weighted by Crippen LogP contribution is -2.61. The maximum Gasteiger partial charge on any atom is 0.222 e. The highest BCUT2D eigenvalue weighted by molar-refractivity contribution is 5.77. The zero-order valence-electron chi connectivity index (χ0n) is 25.0. The Kier molecular flexibility index (Phi) is 11.0. The van der Waals surface area contributed by atoms with Crippen LogP contribution < -0.4 is 5.32 Å². The van der Waals surface area contributed by atoms with E-state index in [1.54, 1.807) is 0 Å². The van der Waals surface area contributed by atoms with Crippen molar-refractivity contribution in [3.8, 4) is 0 Å². The van der Waals surface area contributed by atoms with Crippen molar-refractivity contribution in [2.24, 2.45) is 17.8 Å². The van der Waals surface area contributed by atoms with Crippen LogP contribution in [0.15, 0.2) is 0 Å². The zero-order valence-corrected chi connectivity index (χ0v) is 25.0. The molecule has 1 N–H and O–H groups in total. The molecule has 5 fully saturated rings. The fourth-order valence-corrected chi connectivity index (χ4v) is 7.90. The van der Waals surface area contributed by atoms with Crippen LogP contribution in [0.4, 0.5) is 0 Å². The summed E-state index contributed by atoms with van der Waals surface area (Å²) in [7, 11) is 0.